The Balaban J connectivity index is 1.88. The number of nitrogens with one attached hydrogen (secondary N) is 1. The van der Waals surface area contributed by atoms with Crippen molar-refractivity contribution in [3.05, 3.63) is 46.7 Å². The molecule has 0 fully saturated rings. The minimum atomic E-state index is -3.26. The molecule has 1 aromatic carbocycles. The van der Waals surface area contributed by atoms with Crippen LogP contribution < -0.4 is 5.32 Å². The quantitative estimate of drug-likeness (QED) is 0.888. The summed E-state index contributed by atoms with van der Waals surface area (Å²) in [5.74, 6) is -0.0998. The zero-order chi connectivity index (χ0) is 15.3. The van der Waals surface area contributed by atoms with Crippen LogP contribution in [-0.4, -0.2) is 20.6 Å². The molecule has 21 heavy (non-hydrogen) atoms. The lowest BCUT2D eigenvalue weighted by Crippen LogP contribution is -2.12. The molecular weight excluding hydrogens is 306 g/mol. The van der Waals surface area contributed by atoms with Crippen molar-refractivity contribution < 1.29 is 13.2 Å². The van der Waals surface area contributed by atoms with Gasteiger partial charge in [-0.15, -0.1) is 11.3 Å². The molecule has 0 bridgehead atoms. The second-order valence-corrected chi connectivity index (χ2v) is 7.83. The van der Waals surface area contributed by atoms with Crippen molar-refractivity contribution in [1.82, 2.24) is 0 Å². The highest BCUT2D eigenvalue weighted by Crippen LogP contribution is 2.16. The van der Waals surface area contributed by atoms with Crippen molar-refractivity contribution in [2.75, 3.05) is 11.6 Å². The van der Waals surface area contributed by atoms with E-state index in [1.807, 2.05) is 11.4 Å². The maximum Gasteiger partial charge on any atom is 0.224 e. The van der Waals surface area contributed by atoms with Gasteiger partial charge in [0.2, 0.25) is 5.91 Å². The summed E-state index contributed by atoms with van der Waals surface area (Å²) in [6.07, 6.45) is 3.22. The average molecular weight is 323 g/mol. The third-order valence-corrected chi connectivity index (χ3v) is 5.00. The molecule has 1 N–H and O–H groups in total. The van der Waals surface area contributed by atoms with Crippen LogP contribution in [0.2, 0.25) is 0 Å². The largest absolute Gasteiger partial charge is 0.326 e. The van der Waals surface area contributed by atoms with Crippen molar-refractivity contribution in [2.24, 2.45) is 0 Å². The van der Waals surface area contributed by atoms with Crippen LogP contribution >= 0.6 is 11.3 Å². The topological polar surface area (TPSA) is 63.2 Å². The van der Waals surface area contributed by atoms with Crippen LogP contribution in [0.5, 0.6) is 0 Å². The number of aryl methyl sites for hydroxylation is 1. The fourth-order valence-corrected chi connectivity index (χ4v) is 3.32. The highest BCUT2D eigenvalue weighted by molar-refractivity contribution is 7.90. The minimum Gasteiger partial charge on any atom is -0.326 e. The number of hydrogen-bond donors (Lipinski definition) is 1. The Labute approximate surface area is 128 Å². The van der Waals surface area contributed by atoms with E-state index in [1.165, 1.54) is 17.0 Å². The summed E-state index contributed by atoms with van der Waals surface area (Å²) in [5.41, 5.74) is 0.513. The Morgan fingerprint density at radius 3 is 2.71 bits per heavy atom. The van der Waals surface area contributed by atoms with E-state index in [9.17, 15) is 13.2 Å². The third kappa shape index (κ3) is 4.99. The van der Waals surface area contributed by atoms with Gasteiger partial charge in [-0.05, 0) is 42.5 Å². The van der Waals surface area contributed by atoms with E-state index in [2.05, 4.69) is 11.4 Å². The van der Waals surface area contributed by atoms with Crippen LogP contribution in [0.1, 0.15) is 17.7 Å². The Hall–Kier alpha value is -1.66. The number of carbonyl (C=O) groups excluding carboxylic acids is 1. The molecule has 1 heterocycles. The number of amides is 1. The number of anilines is 1. The van der Waals surface area contributed by atoms with Crippen LogP contribution in [0.3, 0.4) is 0 Å². The summed E-state index contributed by atoms with van der Waals surface area (Å²) in [4.78, 5) is 13.3. The summed E-state index contributed by atoms with van der Waals surface area (Å²) in [5, 5.41) is 4.75. The van der Waals surface area contributed by atoms with Gasteiger partial charge in [-0.3, -0.25) is 4.79 Å². The predicted molar refractivity (Wildman–Crippen MR) is 85.4 cm³/mol. The van der Waals surface area contributed by atoms with E-state index < -0.39 is 9.84 Å². The summed E-state index contributed by atoms with van der Waals surface area (Å²) in [7, 11) is -3.26. The molecule has 1 aromatic heterocycles. The van der Waals surface area contributed by atoms with Gasteiger partial charge in [0.25, 0.3) is 0 Å². The first-order valence-electron chi connectivity index (χ1n) is 6.57. The van der Waals surface area contributed by atoms with Crippen molar-refractivity contribution in [3.63, 3.8) is 0 Å². The number of rotatable bonds is 6. The molecule has 2 rings (SSSR count). The minimum absolute atomic E-state index is 0.0998. The zero-order valence-electron chi connectivity index (χ0n) is 11.7. The molecule has 0 unspecified atom stereocenters. The van der Waals surface area contributed by atoms with Crippen molar-refractivity contribution in [3.8, 4) is 0 Å². The molecule has 112 valence electrons. The maximum atomic E-state index is 11.8. The second-order valence-electron chi connectivity index (χ2n) is 4.78. The monoisotopic (exact) mass is 323 g/mol. The lowest BCUT2D eigenvalue weighted by molar-refractivity contribution is -0.116. The van der Waals surface area contributed by atoms with E-state index in [0.717, 1.165) is 19.1 Å². The standard InChI is InChI=1S/C15H17NO3S2/c1-21(18,19)14-8-2-5-12(11-14)16-15(17)9-3-6-13-7-4-10-20-13/h2,4-5,7-8,10-11H,3,6,9H2,1H3,(H,16,17). The van der Waals surface area contributed by atoms with Gasteiger partial charge >= 0.3 is 0 Å². The normalized spacial score (nSPS) is 11.3. The van der Waals surface area contributed by atoms with Crippen LogP contribution in [0.15, 0.2) is 46.7 Å². The molecule has 6 heteroatoms. The molecule has 0 saturated heterocycles. The zero-order valence-corrected chi connectivity index (χ0v) is 13.3. The molecule has 1 amide bonds. The number of hydrogen-bond acceptors (Lipinski definition) is 4. The summed E-state index contributed by atoms with van der Waals surface area (Å²) in [6.45, 7) is 0. The Kier molecular flexibility index (Phi) is 5.14. The SMILES string of the molecule is CS(=O)(=O)c1cccc(NC(=O)CCCc2cccs2)c1. The van der Waals surface area contributed by atoms with Crippen LogP contribution in [0.4, 0.5) is 5.69 Å². The molecule has 0 spiro atoms. The van der Waals surface area contributed by atoms with Gasteiger partial charge in [0.15, 0.2) is 9.84 Å². The van der Waals surface area contributed by atoms with Gasteiger partial charge in [-0.2, -0.15) is 0 Å². The summed E-state index contributed by atoms with van der Waals surface area (Å²) in [6, 6.07) is 10.4. The van der Waals surface area contributed by atoms with Crippen LogP contribution in [0, 0.1) is 0 Å². The second kappa shape index (κ2) is 6.87. The van der Waals surface area contributed by atoms with Crippen molar-refractivity contribution in [1.29, 1.82) is 0 Å². The number of sulfone groups is 1. The molecule has 4 nitrogen and oxygen atoms in total. The Bertz CT molecular complexity index is 706. The molecule has 0 radical (unpaired) electrons. The molecule has 0 saturated carbocycles. The maximum absolute atomic E-state index is 11.8. The lowest BCUT2D eigenvalue weighted by atomic mass is 10.2. The van der Waals surface area contributed by atoms with Gasteiger partial charge in [0.05, 0.1) is 4.90 Å². The van der Waals surface area contributed by atoms with E-state index in [4.69, 9.17) is 0 Å². The highest BCUT2D eigenvalue weighted by Gasteiger charge is 2.09. The number of benzene rings is 1. The van der Waals surface area contributed by atoms with Gasteiger partial charge in [0, 0.05) is 23.2 Å². The summed E-state index contributed by atoms with van der Waals surface area (Å²) < 4.78 is 22.9. The van der Waals surface area contributed by atoms with E-state index in [0.29, 0.717) is 12.1 Å². The fraction of sp³-hybridized carbons (Fsp3) is 0.267. The van der Waals surface area contributed by atoms with Gasteiger partial charge in [0.1, 0.15) is 0 Å². The first-order valence-corrected chi connectivity index (χ1v) is 9.34. The van der Waals surface area contributed by atoms with Crippen molar-refractivity contribution in [2.45, 2.75) is 24.2 Å². The van der Waals surface area contributed by atoms with Gasteiger partial charge in [-0.1, -0.05) is 12.1 Å². The summed E-state index contributed by atoms with van der Waals surface area (Å²) >= 11 is 1.68. The molecular formula is C15H17NO3S2. The van der Waals surface area contributed by atoms with Crippen LogP contribution in [0.25, 0.3) is 0 Å². The molecule has 0 aliphatic carbocycles. The first kappa shape index (κ1) is 15.7. The predicted octanol–water partition coefficient (Wildman–Crippen LogP) is 3.11. The molecule has 2 aromatic rings. The van der Waals surface area contributed by atoms with Gasteiger partial charge in [-0.25, -0.2) is 8.42 Å². The Morgan fingerprint density at radius 2 is 2.05 bits per heavy atom. The average Bonchev–Trinajstić information content (AvgIpc) is 2.91. The van der Waals surface area contributed by atoms with Crippen LogP contribution in [-0.2, 0) is 21.1 Å². The number of thiophene rings is 1. The number of carbonyl (C=O) groups is 1. The smallest absolute Gasteiger partial charge is 0.224 e. The fourth-order valence-electron chi connectivity index (χ4n) is 1.91. The highest BCUT2D eigenvalue weighted by atomic mass is 32.2. The van der Waals surface area contributed by atoms with Gasteiger partial charge < -0.3 is 5.32 Å². The third-order valence-electron chi connectivity index (χ3n) is 2.95. The van der Waals surface area contributed by atoms with E-state index >= 15 is 0 Å². The molecule has 0 aliphatic heterocycles. The van der Waals surface area contributed by atoms with E-state index in [-0.39, 0.29) is 10.8 Å². The molecule has 0 atom stereocenters. The lowest BCUT2D eigenvalue weighted by Gasteiger charge is -2.06. The van der Waals surface area contributed by atoms with Crippen molar-refractivity contribution >= 4 is 32.8 Å². The Morgan fingerprint density at radius 1 is 1.24 bits per heavy atom. The first-order chi connectivity index (χ1) is 9.95. The molecule has 0 aliphatic rings. The van der Waals surface area contributed by atoms with E-state index in [1.54, 1.807) is 23.5 Å².